The van der Waals surface area contributed by atoms with Crippen LogP contribution < -0.4 is 0 Å². The Hall–Kier alpha value is -1.40. The fraction of sp³-hybridized carbons (Fsp3) is 0.0769. The second-order valence-electron chi connectivity index (χ2n) is 3.69. The third-order valence-corrected chi connectivity index (χ3v) is 3.92. The van der Waals surface area contributed by atoms with Crippen LogP contribution in [0.5, 0.6) is 0 Å². The summed E-state index contributed by atoms with van der Waals surface area (Å²) in [6, 6.07) is 7.71. The normalized spacial score (nSPS) is 10.4. The van der Waals surface area contributed by atoms with Gasteiger partial charge >= 0.3 is 5.97 Å². The lowest BCUT2D eigenvalue weighted by Crippen LogP contribution is -2.00. The van der Waals surface area contributed by atoms with Crippen LogP contribution in [-0.4, -0.2) is 16.1 Å². The molecule has 0 fully saturated rings. The summed E-state index contributed by atoms with van der Waals surface area (Å²) in [6.07, 6.45) is 1.52. The number of thioether (sulfide) groups is 1. The molecular weight excluding hydrogens is 333 g/mol. The van der Waals surface area contributed by atoms with E-state index < -0.39 is 5.97 Å². The fourth-order valence-electron chi connectivity index (χ4n) is 1.47. The van der Waals surface area contributed by atoms with Crippen molar-refractivity contribution >= 4 is 33.7 Å². The second kappa shape index (κ2) is 6.16. The van der Waals surface area contributed by atoms with Crippen LogP contribution in [-0.2, 0) is 5.75 Å². The summed E-state index contributed by atoms with van der Waals surface area (Å²) in [7, 11) is 0. The molecule has 1 heterocycles. The van der Waals surface area contributed by atoms with Crippen molar-refractivity contribution in [1.82, 2.24) is 4.98 Å². The minimum Gasteiger partial charge on any atom is -0.478 e. The van der Waals surface area contributed by atoms with Crippen molar-refractivity contribution in [2.24, 2.45) is 0 Å². The molecule has 0 amide bonds. The van der Waals surface area contributed by atoms with E-state index in [0.717, 1.165) is 4.47 Å². The molecule has 0 radical (unpaired) electrons. The summed E-state index contributed by atoms with van der Waals surface area (Å²) in [5, 5.41) is 9.41. The molecule has 0 unspecified atom stereocenters. The van der Waals surface area contributed by atoms with Crippen LogP contribution in [0.3, 0.4) is 0 Å². The third kappa shape index (κ3) is 3.54. The predicted molar refractivity (Wildman–Crippen MR) is 74.9 cm³/mol. The van der Waals surface area contributed by atoms with Crippen LogP contribution in [0.2, 0.25) is 0 Å². The van der Waals surface area contributed by atoms with Gasteiger partial charge in [0.1, 0.15) is 10.8 Å². The van der Waals surface area contributed by atoms with E-state index >= 15 is 0 Å². The number of aromatic nitrogens is 1. The van der Waals surface area contributed by atoms with Crippen LogP contribution in [0.15, 0.2) is 46.0 Å². The Bertz CT molecular complexity index is 621. The highest BCUT2D eigenvalue weighted by atomic mass is 79.9. The van der Waals surface area contributed by atoms with E-state index in [4.69, 9.17) is 5.11 Å². The first-order valence-electron chi connectivity index (χ1n) is 5.33. The Labute approximate surface area is 122 Å². The molecule has 98 valence electrons. The van der Waals surface area contributed by atoms with Gasteiger partial charge in [-0.3, -0.25) is 0 Å². The molecule has 0 saturated heterocycles. The highest BCUT2D eigenvalue weighted by Gasteiger charge is 2.12. The van der Waals surface area contributed by atoms with Crippen molar-refractivity contribution in [2.75, 3.05) is 0 Å². The van der Waals surface area contributed by atoms with Crippen LogP contribution in [0.25, 0.3) is 0 Å². The Morgan fingerprint density at radius 1 is 1.42 bits per heavy atom. The van der Waals surface area contributed by atoms with Gasteiger partial charge in [-0.15, -0.1) is 11.8 Å². The molecule has 0 atom stereocenters. The van der Waals surface area contributed by atoms with E-state index in [-0.39, 0.29) is 11.4 Å². The number of hydrogen-bond acceptors (Lipinski definition) is 3. The van der Waals surface area contributed by atoms with Crippen molar-refractivity contribution in [3.63, 3.8) is 0 Å². The molecule has 19 heavy (non-hydrogen) atoms. The maximum absolute atomic E-state index is 13.6. The van der Waals surface area contributed by atoms with Gasteiger partial charge in [0.25, 0.3) is 0 Å². The quantitative estimate of drug-likeness (QED) is 0.854. The fourth-order valence-corrected chi connectivity index (χ4v) is 2.84. The number of benzene rings is 1. The minimum atomic E-state index is -1.04. The molecule has 1 N–H and O–H groups in total. The van der Waals surface area contributed by atoms with Gasteiger partial charge in [0, 0.05) is 16.4 Å². The molecule has 2 aromatic rings. The molecule has 0 spiro atoms. The maximum atomic E-state index is 13.6. The van der Waals surface area contributed by atoms with E-state index in [1.807, 2.05) is 0 Å². The summed E-state index contributed by atoms with van der Waals surface area (Å²) in [5.74, 6) is -1.03. The number of aromatic carboxylic acids is 1. The third-order valence-electron chi connectivity index (χ3n) is 2.37. The Kier molecular flexibility index (Phi) is 4.55. The van der Waals surface area contributed by atoms with Gasteiger partial charge in [-0.2, -0.15) is 0 Å². The smallest absolute Gasteiger partial charge is 0.338 e. The molecule has 0 bridgehead atoms. The summed E-state index contributed by atoms with van der Waals surface area (Å²) in [5.41, 5.74) is 0.629. The summed E-state index contributed by atoms with van der Waals surface area (Å²) < 4.78 is 14.3. The van der Waals surface area contributed by atoms with Gasteiger partial charge in [0.15, 0.2) is 0 Å². The maximum Gasteiger partial charge on any atom is 0.338 e. The van der Waals surface area contributed by atoms with E-state index in [1.165, 1.54) is 30.1 Å². The van der Waals surface area contributed by atoms with Crippen molar-refractivity contribution in [3.8, 4) is 0 Å². The standard InChI is InChI=1S/C13H9BrFNO2S/c14-9-3-4-11(15)8(6-9)7-19-12-10(13(17)18)2-1-5-16-12/h1-6H,7H2,(H,17,18). The topological polar surface area (TPSA) is 50.2 Å². The lowest BCUT2D eigenvalue weighted by molar-refractivity contribution is 0.0692. The summed E-state index contributed by atoms with van der Waals surface area (Å²) in [6.45, 7) is 0. The van der Waals surface area contributed by atoms with Crippen molar-refractivity contribution in [2.45, 2.75) is 10.8 Å². The molecule has 6 heteroatoms. The Morgan fingerprint density at radius 3 is 2.95 bits per heavy atom. The number of nitrogens with zero attached hydrogens (tertiary/aromatic N) is 1. The highest BCUT2D eigenvalue weighted by Crippen LogP contribution is 2.26. The molecule has 0 saturated carbocycles. The number of hydrogen-bond donors (Lipinski definition) is 1. The van der Waals surface area contributed by atoms with Crippen LogP contribution in [0, 0.1) is 5.82 Å². The first-order chi connectivity index (χ1) is 9.08. The van der Waals surface area contributed by atoms with Gasteiger partial charge in [0.2, 0.25) is 0 Å². The van der Waals surface area contributed by atoms with Crippen LogP contribution >= 0.6 is 27.7 Å². The number of halogens is 2. The summed E-state index contributed by atoms with van der Waals surface area (Å²) in [4.78, 5) is 15.0. The molecule has 3 nitrogen and oxygen atoms in total. The monoisotopic (exact) mass is 341 g/mol. The van der Waals surface area contributed by atoms with Gasteiger partial charge in [-0.25, -0.2) is 14.2 Å². The van der Waals surface area contributed by atoms with Crippen molar-refractivity contribution in [1.29, 1.82) is 0 Å². The number of rotatable bonds is 4. The molecular formula is C13H9BrFNO2S. The van der Waals surface area contributed by atoms with Crippen LogP contribution in [0.1, 0.15) is 15.9 Å². The molecule has 1 aromatic carbocycles. The van der Waals surface area contributed by atoms with Crippen molar-refractivity contribution < 1.29 is 14.3 Å². The Balaban J connectivity index is 2.19. The largest absolute Gasteiger partial charge is 0.478 e. The molecule has 0 aliphatic carbocycles. The zero-order chi connectivity index (χ0) is 13.8. The molecule has 0 aliphatic rings. The average molecular weight is 342 g/mol. The number of carbonyl (C=O) groups is 1. The highest BCUT2D eigenvalue weighted by molar-refractivity contribution is 9.10. The minimum absolute atomic E-state index is 0.128. The molecule has 1 aromatic heterocycles. The van der Waals surface area contributed by atoms with Crippen LogP contribution in [0.4, 0.5) is 4.39 Å². The lowest BCUT2D eigenvalue weighted by Gasteiger charge is -2.06. The van der Waals surface area contributed by atoms with E-state index in [1.54, 1.807) is 18.2 Å². The number of carboxylic acid groups (broad SMARTS) is 1. The average Bonchev–Trinajstić information content (AvgIpc) is 2.40. The van der Waals surface area contributed by atoms with E-state index in [2.05, 4.69) is 20.9 Å². The number of pyridine rings is 1. The van der Waals surface area contributed by atoms with Gasteiger partial charge in [0.05, 0.1) is 5.56 Å². The van der Waals surface area contributed by atoms with E-state index in [9.17, 15) is 9.18 Å². The first kappa shape index (κ1) is 14.0. The Morgan fingerprint density at radius 2 is 2.21 bits per heavy atom. The number of carboxylic acids is 1. The zero-order valence-corrected chi connectivity index (χ0v) is 12.0. The second-order valence-corrected chi connectivity index (χ2v) is 5.57. The lowest BCUT2D eigenvalue weighted by atomic mass is 10.2. The molecule has 2 rings (SSSR count). The van der Waals surface area contributed by atoms with E-state index in [0.29, 0.717) is 16.3 Å². The predicted octanol–water partition coefficient (Wildman–Crippen LogP) is 3.97. The SMILES string of the molecule is O=C(O)c1cccnc1SCc1cc(Br)ccc1F. The van der Waals surface area contributed by atoms with Gasteiger partial charge in [-0.1, -0.05) is 15.9 Å². The zero-order valence-electron chi connectivity index (χ0n) is 9.64. The molecule has 0 aliphatic heterocycles. The first-order valence-corrected chi connectivity index (χ1v) is 7.11. The summed E-state index contributed by atoms with van der Waals surface area (Å²) >= 11 is 4.47. The van der Waals surface area contributed by atoms with Crippen molar-refractivity contribution in [3.05, 3.63) is 57.9 Å². The van der Waals surface area contributed by atoms with Gasteiger partial charge in [-0.05, 0) is 35.9 Å². The van der Waals surface area contributed by atoms with Gasteiger partial charge < -0.3 is 5.11 Å².